The number of rotatable bonds is 3. The average Bonchev–Trinajstić information content (AvgIpc) is 2.47. The second kappa shape index (κ2) is 5.64. The molecule has 0 N–H and O–H groups in total. The molecule has 6 heteroatoms. The number of amides is 1. The van der Waals surface area contributed by atoms with E-state index < -0.39 is 15.9 Å². The Morgan fingerprint density at radius 2 is 1.55 bits per heavy atom. The molecule has 0 aliphatic rings. The van der Waals surface area contributed by atoms with Gasteiger partial charge in [-0.25, -0.2) is 12.7 Å². The van der Waals surface area contributed by atoms with Crippen molar-refractivity contribution in [1.29, 1.82) is 0 Å². The molecule has 0 unspecified atom stereocenters. The molecule has 20 heavy (non-hydrogen) atoms. The molecular formula is C14H12ClNO3S. The van der Waals surface area contributed by atoms with E-state index in [4.69, 9.17) is 11.6 Å². The van der Waals surface area contributed by atoms with Gasteiger partial charge in [0.2, 0.25) is 0 Å². The smallest absolute Gasteiger partial charge is 0.268 e. The lowest BCUT2D eigenvalue weighted by molar-refractivity contribution is 0.0883. The van der Waals surface area contributed by atoms with E-state index in [1.54, 1.807) is 30.3 Å². The maximum atomic E-state index is 12.3. The molecule has 0 aromatic heterocycles. The monoisotopic (exact) mass is 309 g/mol. The third-order valence-corrected chi connectivity index (χ3v) is 4.88. The van der Waals surface area contributed by atoms with Crippen LogP contribution in [-0.2, 0) is 10.0 Å². The highest BCUT2D eigenvalue weighted by molar-refractivity contribution is 7.89. The zero-order valence-corrected chi connectivity index (χ0v) is 12.2. The van der Waals surface area contributed by atoms with Crippen LogP contribution in [0.25, 0.3) is 0 Å². The summed E-state index contributed by atoms with van der Waals surface area (Å²) in [6.45, 7) is 0. The van der Waals surface area contributed by atoms with E-state index in [1.165, 1.54) is 31.3 Å². The van der Waals surface area contributed by atoms with E-state index in [2.05, 4.69) is 0 Å². The molecule has 1 amide bonds. The Kier molecular flexibility index (Phi) is 4.11. The minimum absolute atomic E-state index is 0.0582. The lowest BCUT2D eigenvalue weighted by Gasteiger charge is -2.18. The number of hydrogen-bond acceptors (Lipinski definition) is 3. The molecule has 0 atom stereocenters. The predicted molar refractivity (Wildman–Crippen MR) is 77.2 cm³/mol. The largest absolute Gasteiger partial charge is 0.268 e. The first-order chi connectivity index (χ1) is 9.44. The fourth-order valence-electron chi connectivity index (χ4n) is 1.66. The highest BCUT2D eigenvalue weighted by atomic mass is 35.5. The molecule has 0 radical (unpaired) electrons. The molecule has 0 fully saturated rings. The number of carbonyl (C=O) groups is 1. The van der Waals surface area contributed by atoms with Crippen LogP contribution in [0.2, 0.25) is 5.02 Å². The summed E-state index contributed by atoms with van der Waals surface area (Å²) in [4.78, 5) is 12.3. The summed E-state index contributed by atoms with van der Waals surface area (Å²) in [6.07, 6.45) is 0. The van der Waals surface area contributed by atoms with Crippen molar-refractivity contribution in [1.82, 2.24) is 4.31 Å². The number of sulfonamides is 1. The van der Waals surface area contributed by atoms with Crippen molar-refractivity contribution in [3.63, 3.8) is 0 Å². The van der Waals surface area contributed by atoms with Crippen LogP contribution >= 0.6 is 11.6 Å². The SMILES string of the molecule is CN(C(=O)c1ccccc1Cl)S(=O)(=O)c1ccccc1. The van der Waals surface area contributed by atoms with Crippen LogP contribution in [-0.4, -0.2) is 25.7 Å². The van der Waals surface area contributed by atoms with E-state index in [1.807, 2.05) is 0 Å². The highest BCUT2D eigenvalue weighted by Crippen LogP contribution is 2.20. The van der Waals surface area contributed by atoms with E-state index >= 15 is 0 Å². The third-order valence-electron chi connectivity index (χ3n) is 2.79. The summed E-state index contributed by atoms with van der Waals surface area (Å²) in [5.41, 5.74) is 0.149. The van der Waals surface area contributed by atoms with Crippen molar-refractivity contribution in [2.75, 3.05) is 7.05 Å². The van der Waals surface area contributed by atoms with Crippen LogP contribution < -0.4 is 0 Å². The van der Waals surface area contributed by atoms with Gasteiger partial charge in [-0.05, 0) is 24.3 Å². The number of hydrogen-bond donors (Lipinski definition) is 0. The molecule has 2 aromatic rings. The van der Waals surface area contributed by atoms with Gasteiger partial charge < -0.3 is 0 Å². The van der Waals surface area contributed by atoms with Gasteiger partial charge in [-0.2, -0.15) is 0 Å². The molecule has 0 saturated carbocycles. The van der Waals surface area contributed by atoms with Crippen molar-refractivity contribution in [2.24, 2.45) is 0 Å². The minimum atomic E-state index is -3.88. The van der Waals surface area contributed by atoms with E-state index in [0.717, 1.165) is 0 Å². The normalized spacial score (nSPS) is 11.1. The van der Waals surface area contributed by atoms with E-state index in [0.29, 0.717) is 4.31 Å². The van der Waals surface area contributed by atoms with Gasteiger partial charge in [-0.3, -0.25) is 4.79 Å². The van der Waals surface area contributed by atoms with Gasteiger partial charge in [0.1, 0.15) is 0 Å². The van der Waals surface area contributed by atoms with Gasteiger partial charge in [-0.1, -0.05) is 41.9 Å². The summed E-state index contributed by atoms with van der Waals surface area (Å²) in [7, 11) is -2.66. The maximum absolute atomic E-state index is 12.3. The van der Waals surface area contributed by atoms with Crippen molar-refractivity contribution in [3.05, 3.63) is 65.2 Å². The fraction of sp³-hybridized carbons (Fsp3) is 0.0714. The summed E-state index contributed by atoms with van der Waals surface area (Å²) in [6, 6.07) is 14.1. The second-order valence-corrected chi connectivity index (χ2v) is 6.45. The van der Waals surface area contributed by atoms with Crippen LogP contribution in [0.15, 0.2) is 59.5 Å². The first kappa shape index (κ1) is 14.6. The maximum Gasteiger partial charge on any atom is 0.268 e. The molecule has 4 nitrogen and oxygen atoms in total. The molecule has 0 aliphatic carbocycles. The van der Waals surface area contributed by atoms with Gasteiger partial charge in [-0.15, -0.1) is 0 Å². The molecule has 0 spiro atoms. The quantitative estimate of drug-likeness (QED) is 0.876. The molecule has 2 aromatic carbocycles. The molecule has 0 saturated heterocycles. The Hall–Kier alpha value is -1.85. The van der Waals surface area contributed by atoms with Crippen molar-refractivity contribution in [3.8, 4) is 0 Å². The Balaban J connectivity index is 2.39. The Bertz CT molecular complexity index is 729. The van der Waals surface area contributed by atoms with Crippen molar-refractivity contribution >= 4 is 27.5 Å². The van der Waals surface area contributed by atoms with Crippen LogP contribution in [0, 0.1) is 0 Å². The molecule has 0 heterocycles. The lowest BCUT2D eigenvalue weighted by Crippen LogP contribution is -2.33. The van der Waals surface area contributed by atoms with Gasteiger partial charge >= 0.3 is 0 Å². The molecule has 0 bridgehead atoms. The van der Waals surface area contributed by atoms with Crippen LogP contribution in [0.5, 0.6) is 0 Å². The summed E-state index contributed by atoms with van der Waals surface area (Å²) >= 11 is 5.92. The predicted octanol–water partition coefficient (Wildman–Crippen LogP) is 2.80. The molecular weight excluding hydrogens is 298 g/mol. The number of carbonyl (C=O) groups excluding carboxylic acids is 1. The third kappa shape index (κ3) is 2.69. The van der Waals surface area contributed by atoms with E-state index in [9.17, 15) is 13.2 Å². The first-order valence-corrected chi connectivity index (χ1v) is 7.59. The summed E-state index contributed by atoms with van der Waals surface area (Å²) < 4.78 is 25.3. The zero-order valence-electron chi connectivity index (χ0n) is 10.7. The highest BCUT2D eigenvalue weighted by Gasteiger charge is 2.27. The van der Waals surface area contributed by atoms with Gasteiger partial charge in [0.05, 0.1) is 15.5 Å². The number of benzene rings is 2. The number of nitrogens with zero attached hydrogens (tertiary/aromatic N) is 1. The summed E-state index contributed by atoms with van der Waals surface area (Å²) in [5, 5.41) is 0.215. The molecule has 0 aliphatic heterocycles. The van der Waals surface area contributed by atoms with Crippen LogP contribution in [0.1, 0.15) is 10.4 Å². The van der Waals surface area contributed by atoms with E-state index in [-0.39, 0.29) is 15.5 Å². The fourth-order valence-corrected chi connectivity index (χ4v) is 3.01. The van der Waals surface area contributed by atoms with Crippen LogP contribution in [0.3, 0.4) is 0 Å². The Morgan fingerprint density at radius 1 is 1.00 bits per heavy atom. The Labute approximate surface area is 122 Å². The van der Waals surface area contributed by atoms with Crippen LogP contribution in [0.4, 0.5) is 0 Å². The molecule has 2 rings (SSSR count). The van der Waals surface area contributed by atoms with Gasteiger partial charge in [0, 0.05) is 7.05 Å². The average molecular weight is 310 g/mol. The summed E-state index contributed by atoms with van der Waals surface area (Å²) in [5.74, 6) is -0.667. The standard InChI is InChI=1S/C14H12ClNO3S/c1-16(14(17)12-9-5-6-10-13(12)15)20(18,19)11-7-3-2-4-8-11/h2-10H,1H3. The van der Waals surface area contributed by atoms with Crippen molar-refractivity contribution < 1.29 is 13.2 Å². The van der Waals surface area contributed by atoms with Crippen molar-refractivity contribution in [2.45, 2.75) is 4.90 Å². The van der Waals surface area contributed by atoms with Gasteiger partial charge in [0.25, 0.3) is 15.9 Å². The first-order valence-electron chi connectivity index (χ1n) is 5.77. The van der Waals surface area contributed by atoms with Gasteiger partial charge in [0.15, 0.2) is 0 Å². The lowest BCUT2D eigenvalue weighted by atomic mass is 10.2. The molecule has 104 valence electrons. The minimum Gasteiger partial charge on any atom is -0.268 e. The number of halogens is 1. The second-order valence-electron chi connectivity index (χ2n) is 4.07. The zero-order chi connectivity index (χ0) is 14.8. The Morgan fingerprint density at radius 3 is 2.15 bits per heavy atom. The topological polar surface area (TPSA) is 54.5 Å².